The molecule has 0 saturated carbocycles. The van der Waals surface area contributed by atoms with Gasteiger partial charge in [-0.2, -0.15) is 13.2 Å². The maximum atomic E-state index is 11.8. The maximum Gasteiger partial charge on any atom is 0.390 e. The summed E-state index contributed by atoms with van der Waals surface area (Å²) in [5.74, 6) is -0.934. The first-order valence-electron chi connectivity index (χ1n) is 6.23. The van der Waals surface area contributed by atoms with E-state index in [9.17, 15) is 22.8 Å². The van der Waals surface area contributed by atoms with Crippen molar-refractivity contribution in [2.24, 2.45) is 5.73 Å². The van der Waals surface area contributed by atoms with Crippen LogP contribution in [0.3, 0.4) is 0 Å². The van der Waals surface area contributed by atoms with Gasteiger partial charge in [0.05, 0.1) is 19.6 Å². The van der Waals surface area contributed by atoms with Gasteiger partial charge in [-0.1, -0.05) is 0 Å². The summed E-state index contributed by atoms with van der Waals surface area (Å²) in [4.78, 5) is 22.4. The van der Waals surface area contributed by atoms with E-state index in [0.29, 0.717) is 26.3 Å². The summed E-state index contributed by atoms with van der Waals surface area (Å²) in [6.07, 6.45) is -5.60. The third kappa shape index (κ3) is 13.1. The zero-order chi connectivity index (χ0) is 15.4. The lowest BCUT2D eigenvalue weighted by Crippen LogP contribution is -2.31. The van der Waals surface area contributed by atoms with Crippen molar-refractivity contribution in [1.82, 2.24) is 10.6 Å². The molecular weight excluding hydrogens is 279 g/mol. The second kappa shape index (κ2) is 10.4. The van der Waals surface area contributed by atoms with Crippen molar-refractivity contribution >= 4 is 11.8 Å². The van der Waals surface area contributed by atoms with Gasteiger partial charge in [-0.3, -0.25) is 9.59 Å². The van der Waals surface area contributed by atoms with Crippen molar-refractivity contribution in [2.75, 3.05) is 32.8 Å². The first kappa shape index (κ1) is 18.7. The van der Waals surface area contributed by atoms with Crippen LogP contribution in [0.2, 0.25) is 0 Å². The Morgan fingerprint density at radius 1 is 1.00 bits per heavy atom. The van der Waals surface area contributed by atoms with Crippen LogP contribution in [0.25, 0.3) is 0 Å². The normalized spacial score (nSPS) is 11.2. The molecule has 0 unspecified atom stereocenters. The number of halogens is 3. The van der Waals surface area contributed by atoms with Gasteiger partial charge in [0.1, 0.15) is 0 Å². The number of carbonyl (C=O) groups excluding carboxylic acids is 2. The Morgan fingerprint density at radius 2 is 1.55 bits per heavy atom. The molecule has 0 atom stereocenters. The third-order valence-corrected chi connectivity index (χ3v) is 2.14. The number of nitrogens with two attached hydrogens (primary N) is 1. The molecular formula is C11H20F3N3O3. The highest BCUT2D eigenvalue weighted by atomic mass is 19.4. The van der Waals surface area contributed by atoms with Crippen molar-refractivity contribution in [3.05, 3.63) is 0 Å². The molecule has 0 heterocycles. The fourth-order valence-corrected chi connectivity index (χ4v) is 1.20. The molecule has 2 amide bonds. The van der Waals surface area contributed by atoms with E-state index in [-0.39, 0.29) is 18.7 Å². The highest BCUT2D eigenvalue weighted by Crippen LogP contribution is 2.18. The van der Waals surface area contributed by atoms with Crippen LogP contribution in [0.4, 0.5) is 13.2 Å². The third-order valence-electron chi connectivity index (χ3n) is 2.14. The number of nitrogens with one attached hydrogen (secondary N) is 2. The van der Waals surface area contributed by atoms with Crippen LogP contribution in [-0.2, 0) is 14.3 Å². The lowest BCUT2D eigenvalue weighted by molar-refractivity contribution is -0.136. The molecule has 0 rings (SSSR count). The molecule has 0 spiro atoms. The van der Waals surface area contributed by atoms with E-state index >= 15 is 0 Å². The summed E-state index contributed by atoms with van der Waals surface area (Å²) in [6, 6.07) is 0. The van der Waals surface area contributed by atoms with E-state index in [4.69, 9.17) is 10.5 Å². The molecule has 0 aliphatic carbocycles. The second-order valence-electron chi connectivity index (χ2n) is 3.97. The van der Waals surface area contributed by atoms with Gasteiger partial charge in [0.15, 0.2) is 0 Å². The molecule has 0 radical (unpaired) electrons. The van der Waals surface area contributed by atoms with Crippen LogP contribution in [0.1, 0.15) is 19.3 Å². The molecule has 0 aromatic rings. The Hall–Kier alpha value is -1.35. The van der Waals surface area contributed by atoms with Crippen LogP contribution in [0.5, 0.6) is 0 Å². The summed E-state index contributed by atoms with van der Waals surface area (Å²) in [5.41, 5.74) is 5.19. The van der Waals surface area contributed by atoms with Gasteiger partial charge < -0.3 is 21.1 Å². The van der Waals surface area contributed by atoms with E-state index in [1.807, 2.05) is 0 Å². The maximum absolute atomic E-state index is 11.8. The first-order valence-corrected chi connectivity index (χ1v) is 6.23. The molecule has 0 aromatic carbocycles. The molecule has 118 valence electrons. The molecule has 6 nitrogen and oxygen atoms in total. The van der Waals surface area contributed by atoms with Gasteiger partial charge in [0.2, 0.25) is 11.8 Å². The van der Waals surface area contributed by atoms with Gasteiger partial charge >= 0.3 is 6.18 Å². The second-order valence-corrected chi connectivity index (χ2v) is 3.97. The summed E-state index contributed by atoms with van der Waals surface area (Å²) < 4.78 is 40.5. The zero-order valence-electron chi connectivity index (χ0n) is 11.1. The molecule has 0 aromatic heterocycles. The Morgan fingerprint density at radius 3 is 2.05 bits per heavy atom. The van der Waals surface area contributed by atoms with Crippen LogP contribution in [0, 0.1) is 0 Å². The average Bonchev–Trinajstić information content (AvgIpc) is 2.34. The van der Waals surface area contributed by atoms with Crippen LogP contribution >= 0.6 is 0 Å². The number of hydrogen-bond donors (Lipinski definition) is 3. The van der Waals surface area contributed by atoms with Gasteiger partial charge in [0.25, 0.3) is 0 Å². The SMILES string of the molecule is NCCOCCNC(=O)CCC(=O)NCCC(F)(F)F. The largest absolute Gasteiger partial charge is 0.390 e. The van der Waals surface area contributed by atoms with Crippen LogP contribution in [-0.4, -0.2) is 50.8 Å². The Labute approximate surface area is 115 Å². The predicted octanol–water partition coefficient (Wildman–Crippen LogP) is -0.0733. The summed E-state index contributed by atoms with van der Waals surface area (Å²) in [6.45, 7) is 0.940. The van der Waals surface area contributed by atoms with Crippen LogP contribution in [0.15, 0.2) is 0 Å². The highest BCUT2D eigenvalue weighted by Gasteiger charge is 2.26. The molecule has 0 bridgehead atoms. The fourth-order valence-electron chi connectivity index (χ4n) is 1.20. The summed E-state index contributed by atoms with van der Waals surface area (Å²) in [7, 11) is 0. The minimum atomic E-state index is -4.30. The van der Waals surface area contributed by atoms with Gasteiger partial charge in [0, 0.05) is 32.5 Å². The molecule has 4 N–H and O–H groups in total. The van der Waals surface area contributed by atoms with Crippen molar-refractivity contribution < 1.29 is 27.5 Å². The molecule has 20 heavy (non-hydrogen) atoms. The molecule has 0 aliphatic rings. The van der Waals surface area contributed by atoms with Gasteiger partial charge in [-0.15, -0.1) is 0 Å². The number of hydrogen-bond acceptors (Lipinski definition) is 4. The Kier molecular flexibility index (Phi) is 9.73. The quantitative estimate of drug-likeness (QED) is 0.492. The van der Waals surface area contributed by atoms with E-state index in [1.165, 1.54) is 0 Å². The fraction of sp³-hybridized carbons (Fsp3) is 0.818. The topological polar surface area (TPSA) is 93.4 Å². The van der Waals surface area contributed by atoms with Crippen molar-refractivity contribution in [1.29, 1.82) is 0 Å². The van der Waals surface area contributed by atoms with Gasteiger partial charge in [-0.05, 0) is 0 Å². The minimum absolute atomic E-state index is 0.0747. The smallest absolute Gasteiger partial charge is 0.378 e. The monoisotopic (exact) mass is 299 g/mol. The number of carbonyl (C=O) groups is 2. The molecule has 9 heteroatoms. The van der Waals surface area contributed by atoms with E-state index in [1.54, 1.807) is 0 Å². The van der Waals surface area contributed by atoms with Crippen molar-refractivity contribution in [3.63, 3.8) is 0 Å². The molecule has 0 saturated heterocycles. The number of alkyl halides is 3. The van der Waals surface area contributed by atoms with Gasteiger partial charge in [-0.25, -0.2) is 0 Å². The number of amides is 2. The summed E-state index contributed by atoms with van der Waals surface area (Å²) in [5, 5.41) is 4.61. The standard InChI is InChI=1S/C11H20F3N3O3/c12-11(13,14)3-5-16-9(18)1-2-10(19)17-6-8-20-7-4-15/h1-8,15H2,(H,16,18)(H,17,19). The Balaban J connectivity index is 3.51. The Bertz CT molecular complexity index is 298. The number of ether oxygens (including phenoxy) is 1. The lowest BCUT2D eigenvalue weighted by atomic mass is 10.2. The molecule has 0 aliphatic heterocycles. The van der Waals surface area contributed by atoms with Crippen LogP contribution < -0.4 is 16.4 Å². The highest BCUT2D eigenvalue weighted by molar-refractivity contribution is 5.83. The summed E-state index contributed by atoms with van der Waals surface area (Å²) >= 11 is 0. The lowest BCUT2D eigenvalue weighted by Gasteiger charge is -2.08. The number of rotatable bonds is 10. The molecule has 0 fully saturated rings. The average molecular weight is 299 g/mol. The van der Waals surface area contributed by atoms with E-state index in [0.717, 1.165) is 0 Å². The minimum Gasteiger partial charge on any atom is -0.378 e. The van der Waals surface area contributed by atoms with E-state index < -0.39 is 25.0 Å². The first-order chi connectivity index (χ1) is 9.35. The zero-order valence-corrected chi connectivity index (χ0v) is 11.1. The van der Waals surface area contributed by atoms with E-state index in [2.05, 4.69) is 10.6 Å². The van der Waals surface area contributed by atoms with Crippen molar-refractivity contribution in [2.45, 2.75) is 25.4 Å². The predicted molar refractivity (Wildman–Crippen MR) is 65.8 cm³/mol. The van der Waals surface area contributed by atoms with Crippen molar-refractivity contribution in [3.8, 4) is 0 Å².